The second kappa shape index (κ2) is 5.50. The van der Waals surface area contributed by atoms with E-state index in [2.05, 4.69) is 9.97 Å². The van der Waals surface area contributed by atoms with Crippen molar-refractivity contribution in [3.05, 3.63) is 58.1 Å². The van der Waals surface area contributed by atoms with Crippen LogP contribution in [0.3, 0.4) is 0 Å². The van der Waals surface area contributed by atoms with Crippen LogP contribution in [0.4, 0.5) is 11.4 Å². The molecule has 0 radical (unpaired) electrons. The van der Waals surface area contributed by atoms with Crippen molar-refractivity contribution >= 4 is 40.3 Å². The summed E-state index contributed by atoms with van der Waals surface area (Å²) in [6.45, 7) is 0. The van der Waals surface area contributed by atoms with Crippen LogP contribution in [0, 0.1) is 0 Å². The first-order valence-corrected chi connectivity index (χ1v) is 6.69. The fourth-order valence-corrected chi connectivity index (χ4v) is 2.51. The lowest BCUT2D eigenvalue weighted by atomic mass is 10.1. The number of hydrogen-bond donors (Lipinski definition) is 2. The predicted octanol–water partition coefficient (Wildman–Crippen LogP) is 2.58. The first-order valence-electron chi connectivity index (χ1n) is 6.31. The Morgan fingerprint density at radius 2 is 1.95 bits per heavy atom. The summed E-state index contributed by atoms with van der Waals surface area (Å²) < 4.78 is 0. The number of amides is 1. The van der Waals surface area contributed by atoms with Crippen LogP contribution >= 0.6 is 11.6 Å². The molecule has 3 rings (SSSR count). The molecule has 0 aliphatic carbocycles. The zero-order valence-electron chi connectivity index (χ0n) is 11.2. The maximum atomic E-state index is 12.3. The van der Waals surface area contributed by atoms with Crippen molar-refractivity contribution < 1.29 is 9.90 Å². The molecule has 1 amide bonds. The number of carbonyl (C=O) groups excluding carboxylic acids is 1. The SMILES string of the molecule is O=CN(c1ccncc1)c1c(O)c2c(Cl)cccc2[nH]c1=O. The van der Waals surface area contributed by atoms with Crippen LogP contribution in [0.2, 0.25) is 5.02 Å². The lowest BCUT2D eigenvalue weighted by Gasteiger charge is -2.18. The van der Waals surface area contributed by atoms with E-state index in [0.717, 1.165) is 4.90 Å². The van der Waals surface area contributed by atoms with Gasteiger partial charge in [0.05, 0.1) is 21.6 Å². The van der Waals surface area contributed by atoms with Gasteiger partial charge in [0.1, 0.15) is 0 Å². The highest BCUT2D eigenvalue weighted by Gasteiger charge is 2.20. The Morgan fingerprint density at radius 1 is 1.23 bits per heavy atom. The number of halogens is 1. The standard InChI is InChI=1S/C15H10ClN3O3/c16-10-2-1-3-11-12(10)14(21)13(15(22)18-11)19(8-20)9-4-6-17-7-5-9/h1-8H,(H2,18,21,22). The topological polar surface area (TPSA) is 86.3 Å². The van der Waals surface area contributed by atoms with E-state index in [9.17, 15) is 14.7 Å². The van der Waals surface area contributed by atoms with Gasteiger partial charge in [-0.25, -0.2) is 0 Å². The van der Waals surface area contributed by atoms with Gasteiger partial charge in [0, 0.05) is 12.4 Å². The van der Waals surface area contributed by atoms with Gasteiger partial charge < -0.3 is 10.1 Å². The van der Waals surface area contributed by atoms with E-state index in [0.29, 0.717) is 17.6 Å². The van der Waals surface area contributed by atoms with Gasteiger partial charge in [-0.15, -0.1) is 0 Å². The van der Waals surface area contributed by atoms with Crippen LogP contribution in [0.25, 0.3) is 10.9 Å². The minimum atomic E-state index is -0.601. The van der Waals surface area contributed by atoms with Crippen molar-refractivity contribution in [3.8, 4) is 5.75 Å². The molecule has 7 heteroatoms. The lowest BCUT2D eigenvalue weighted by molar-refractivity contribution is -0.106. The number of fused-ring (bicyclic) bond motifs is 1. The fourth-order valence-electron chi connectivity index (χ4n) is 2.25. The van der Waals surface area contributed by atoms with Gasteiger partial charge in [-0.1, -0.05) is 17.7 Å². The number of aromatic nitrogens is 2. The Morgan fingerprint density at radius 3 is 2.64 bits per heavy atom. The minimum absolute atomic E-state index is 0.193. The van der Waals surface area contributed by atoms with Crippen molar-refractivity contribution in [1.82, 2.24) is 9.97 Å². The third-order valence-electron chi connectivity index (χ3n) is 3.23. The van der Waals surface area contributed by atoms with E-state index in [1.807, 2.05) is 0 Å². The molecule has 0 spiro atoms. The number of pyridine rings is 2. The first kappa shape index (κ1) is 14.1. The highest BCUT2D eigenvalue weighted by Crippen LogP contribution is 2.37. The minimum Gasteiger partial charge on any atom is -0.505 e. The number of rotatable bonds is 3. The summed E-state index contributed by atoms with van der Waals surface area (Å²) in [4.78, 5) is 31.2. The van der Waals surface area contributed by atoms with Crippen molar-refractivity contribution in [2.24, 2.45) is 0 Å². The Labute approximate surface area is 129 Å². The highest BCUT2D eigenvalue weighted by atomic mass is 35.5. The van der Waals surface area contributed by atoms with Gasteiger partial charge in [-0.2, -0.15) is 0 Å². The number of carbonyl (C=O) groups is 1. The van der Waals surface area contributed by atoms with E-state index in [4.69, 9.17) is 11.6 Å². The van der Waals surface area contributed by atoms with Gasteiger partial charge in [-0.05, 0) is 24.3 Å². The molecule has 3 aromatic rings. The summed E-state index contributed by atoms with van der Waals surface area (Å²) in [6, 6.07) is 7.95. The Hall–Kier alpha value is -2.86. The summed E-state index contributed by atoms with van der Waals surface area (Å²) in [6.07, 6.45) is 3.40. The molecule has 0 aliphatic rings. The number of nitrogens with zero attached hydrogens (tertiary/aromatic N) is 2. The second-order valence-corrected chi connectivity index (χ2v) is 4.90. The molecule has 0 atom stereocenters. The summed E-state index contributed by atoms with van der Waals surface area (Å²) in [5.74, 6) is -0.353. The molecule has 6 nitrogen and oxygen atoms in total. The van der Waals surface area contributed by atoms with Crippen molar-refractivity contribution in [1.29, 1.82) is 0 Å². The van der Waals surface area contributed by atoms with Crippen LogP contribution in [0.15, 0.2) is 47.5 Å². The monoisotopic (exact) mass is 315 g/mol. The maximum absolute atomic E-state index is 12.3. The summed E-state index contributed by atoms with van der Waals surface area (Å²) in [7, 11) is 0. The molecular weight excluding hydrogens is 306 g/mol. The van der Waals surface area contributed by atoms with Crippen LogP contribution < -0.4 is 10.5 Å². The molecule has 22 heavy (non-hydrogen) atoms. The van der Waals surface area contributed by atoms with E-state index < -0.39 is 5.56 Å². The average Bonchev–Trinajstić information content (AvgIpc) is 2.52. The average molecular weight is 316 g/mol. The van der Waals surface area contributed by atoms with E-state index in [1.165, 1.54) is 12.4 Å². The number of nitrogens with one attached hydrogen (secondary N) is 1. The number of aromatic hydroxyl groups is 1. The maximum Gasteiger partial charge on any atom is 0.276 e. The summed E-state index contributed by atoms with van der Waals surface area (Å²) in [5, 5.41) is 11.0. The first-order chi connectivity index (χ1) is 10.6. The van der Waals surface area contributed by atoms with E-state index in [-0.39, 0.29) is 21.8 Å². The van der Waals surface area contributed by atoms with Gasteiger partial charge in [-0.3, -0.25) is 19.5 Å². The van der Waals surface area contributed by atoms with Gasteiger partial charge >= 0.3 is 0 Å². The number of hydrogen-bond acceptors (Lipinski definition) is 4. The van der Waals surface area contributed by atoms with Crippen molar-refractivity contribution in [2.45, 2.75) is 0 Å². The van der Waals surface area contributed by atoms with Crippen LogP contribution in [-0.2, 0) is 4.79 Å². The summed E-state index contributed by atoms with van der Waals surface area (Å²) >= 11 is 6.08. The molecular formula is C15H10ClN3O3. The Kier molecular flexibility index (Phi) is 3.52. The number of benzene rings is 1. The van der Waals surface area contributed by atoms with Gasteiger partial charge in [0.25, 0.3) is 5.56 Å². The largest absolute Gasteiger partial charge is 0.505 e. The predicted molar refractivity (Wildman–Crippen MR) is 83.7 cm³/mol. The molecule has 110 valence electrons. The van der Waals surface area contributed by atoms with Gasteiger partial charge in [0.15, 0.2) is 11.4 Å². The molecule has 0 saturated heterocycles. The van der Waals surface area contributed by atoms with E-state index in [1.54, 1.807) is 30.3 Å². The zero-order chi connectivity index (χ0) is 15.7. The highest BCUT2D eigenvalue weighted by molar-refractivity contribution is 6.36. The quantitative estimate of drug-likeness (QED) is 0.727. The second-order valence-electron chi connectivity index (χ2n) is 4.49. The molecule has 0 bridgehead atoms. The molecule has 0 unspecified atom stereocenters. The molecule has 2 N–H and O–H groups in total. The molecule has 2 aromatic heterocycles. The molecule has 0 fully saturated rings. The third-order valence-corrected chi connectivity index (χ3v) is 3.54. The van der Waals surface area contributed by atoms with Gasteiger partial charge in [0.2, 0.25) is 6.41 Å². The molecule has 1 aromatic carbocycles. The Balaban J connectivity index is 2.33. The smallest absolute Gasteiger partial charge is 0.276 e. The fraction of sp³-hybridized carbons (Fsp3) is 0. The normalized spacial score (nSPS) is 10.6. The lowest BCUT2D eigenvalue weighted by Crippen LogP contribution is -2.23. The van der Waals surface area contributed by atoms with Crippen LogP contribution in [0.1, 0.15) is 0 Å². The number of H-pyrrole nitrogens is 1. The molecule has 0 aliphatic heterocycles. The molecule has 0 saturated carbocycles. The van der Waals surface area contributed by atoms with Crippen molar-refractivity contribution in [3.63, 3.8) is 0 Å². The number of aromatic amines is 1. The molecule has 2 heterocycles. The zero-order valence-corrected chi connectivity index (χ0v) is 11.9. The Bertz CT molecular complexity index is 909. The van der Waals surface area contributed by atoms with Crippen LogP contribution in [-0.4, -0.2) is 21.5 Å². The van der Waals surface area contributed by atoms with E-state index >= 15 is 0 Å². The number of anilines is 2. The van der Waals surface area contributed by atoms with Crippen molar-refractivity contribution in [2.75, 3.05) is 4.90 Å². The third kappa shape index (κ3) is 2.19. The van der Waals surface area contributed by atoms with Crippen LogP contribution in [0.5, 0.6) is 5.75 Å². The summed E-state index contributed by atoms with van der Waals surface area (Å²) in [5.41, 5.74) is -0.00508.